The molecule has 2 aromatic rings. The minimum atomic E-state index is -0.490. The molecule has 7 heteroatoms. The Morgan fingerprint density at radius 3 is 2.62 bits per heavy atom. The highest BCUT2D eigenvalue weighted by Crippen LogP contribution is 2.23. The van der Waals surface area contributed by atoms with Crippen LogP contribution in [0.1, 0.15) is 22.3 Å². The summed E-state index contributed by atoms with van der Waals surface area (Å²) in [7, 11) is 2.92. The van der Waals surface area contributed by atoms with Gasteiger partial charge in [-0.2, -0.15) is 0 Å². The quantitative estimate of drug-likeness (QED) is 0.546. The molecule has 2 rings (SSSR count). The van der Waals surface area contributed by atoms with E-state index in [0.29, 0.717) is 29.4 Å². The average molecular weight is 377 g/mol. The first-order valence-corrected chi connectivity index (χ1v) is 8.43. The van der Waals surface area contributed by atoms with Gasteiger partial charge in [0.05, 0.1) is 30.5 Å². The zero-order valence-corrected chi connectivity index (χ0v) is 15.4. The maximum absolute atomic E-state index is 12.1. The molecule has 0 bridgehead atoms. The molecule has 26 heavy (non-hydrogen) atoms. The summed E-state index contributed by atoms with van der Waals surface area (Å²) in [6.45, 7) is 1.08. The molecule has 1 amide bonds. The largest absolute Gasteiger partial charge is 0.496 e. The molecule has 2 N–H and O–H groups in total. The summed E-state index contributed by atoms with van der Waals surface area (Å²) in [5, 5.41) is 6.26. The molecule has 0 atom stereocenters. The van der Waals surface area contributed by atoms with Gasteiger partial charge in [-0.1, -0.05) is 29.8 Å². The fraction of sp³-hybridized carbons (Fsp3) is 0.263. The van der Waals surface area contributed by atoms with Crippen LogP contribution in [-0.4, -0.2) is 32.6 Å². The molecule has 0 unspecified atom stereocenters. The van der Waals surface area contributed by atoms with Crippen LogP contribution in [0.25, 0.3) is 0 Å². The van der Waals surface area contributed by atoms with Gasteiger partial charge in [-0.3, -0.25) is 4.79 Å². The predicted octanol–water partition coefficient (Wildman–Crippen LogP) is 3.25. The van der Waals surface area contributed by atoms with Crippen molar-refractivity contribution in [1.82, 2.24) is 5.32 Å². The summed E-state index contributed by atoms with van der Waals surface area (Å²) in [6, 6.07) is 12.3. The van der Waals surface area contributed by atoms with Crippen LogP contribution in [0.15, 0.2) is 42.5 Å². The molecule has 0 heterocycles. The molecule has 2 aromatic carbocycles. The number of ether oxygens (including phenoxy) is 2. The summed E-state index contributed by atoms with van der Waals surface area (Å²) >= 11 is 6.07. The van der Waals surface area contributed by atoms with E-state index < -0.39 is 5.97 Å². The van der Waals surface area contributed by atoms with E-state index >= 15 is 0 Å². The van der Waals surface area contributed by atoms with Gasteiger partial charge in [0.15, 0.2) is 0 Å². The molecular formula is C19H21ClN2O4. The number of methoxy groups -OCH3 is 2. The van der Waals surface area contributed by atoms with Crippen molar-refractivity contribution in [1.29, 1.82) is 0 Å². The van der Waals surface area contributed by atoms with E-state index in [-0.39, 0.29) is 12.3 Å². The monoisotopic (exact) mass is 376 g/mol. The number of nitrogens with one attached hydrogen (secondary N) is 2. The van der Waals surface area contributed by atoms with Crippen molar-refractivity contribution in [2.45, 2.75) is 13.0 Å². The molecule has 6 nitrogen and oxygen atoms in total. The number of anilines is 1. The highest BCUT2D eigenvalue weighted by molar-refractivity contribution is 6.33. The maximum atomic E-state index is 12.1. The van der Waals surface area contributed by atoms with E-state index in [1.54, 1.807) is 19.2 Å². The number of para-hydroxylation sites is 1. The fourth-order valence-corrected chi connectivity index (χ4v) is 2.52. The van der Waals surface area contributed by atoms with Crippen molar-refractivity contribution in [2.24, 2.45) is 0 Å². The summed E-state index contributed by atoms with van der Waals surface area (Å²) in [5.74, 6) is 0.105. The highest BCUT2D eigenvalue weighted by Gasteiger charge is 2.11. The van der Waals surface area contributed by atoms with Crippen molar-refractivity contribution in [3.05, 3.63) is 58.6 Å². The third kappa shape index (κ3) is 5.47. The molecule has 0 saturated heterocycles. The van der Waals surface area contributed by atoms with Gasteiger partial charge in [0, 0.05) is 25.1 Å². The van der Waals surface area contributed by atoms with E-state index in [2.05, 4.69) is 15.4 Å². The van der Waals surface area contributed by atoms with Crippen LogP contribution in [-0.2, 0) is 16.1 Å². The maximum Gasteiger partial charge on any atom is 0.337 e. The van der Waals surface area contributed by atoms with Gasteiger partial charge in [0.2, 0.25) is 5.91 Å². The lowest BCUT2D eigenvalue weighted by Gasteiger charge is -2.11. The van der Waals surface area contributed by atoms with E-state index in [4.69, 9.17) is 16.3 Å². The van der Waals surface area contributed by atoms with E-state index in [0.717, 1.165) is 11.3 Å². The van der Waals surface area contributed by atoms with Crippen LogP contribution in [0, 0.1) is 0 Å². The standard InChI is InChI=1S/C19H21ClN2O4/c1-25-17-6-4-3-5-14(17)12-21-10-9-18(23)22-16-11-13(19(24)26-2)7-8-15(16)20/h3-8,11,21H,9-10,12H2,1-2H3,(H,22,23). The number of hydrogen-bond acceptors (Lipinski definition) is 5. The van der Waals surface area contributed by atoms with Gasteiger partial charge in [-0.15, -0.1) is 0 Å². The van der Waals surface area contributed by atoms with Gasteiger partial charge in [0.1, 0.15) is 5.75 Å². The van der Waals surface area contributed by atoms with Crippen LogP contribution < -0.4 is 15.4 Å². The third-order valence-corrected chi connectivity index (χ3v) is 4.03. The lowest BCUT2D eigenvalue weighted by molar-refractivity contribution is -0.116. The zero-order chi connectivity index (χ0) is 18.9. The summed E-state index contributed by atoms with van der Waals surface area (Å²) < 4.78 is 9.95. The van der Waals surface area contributed by atoms with Gasteiger partial charge < -0.3 is 20.1 Å². The van der Waals surface area contributed by atoms with Crippen LogP contribution in [0.2, 0.25) is 5.02 Å². The number of halogens is 1. The van der Waals surface area contributed by atoms with Crippen LogP contribution in [0.3, 0.4) is 0 Å². The van der Waals surface area contributed by atoms with Crippen molar-refractivity contribution in [3.8, 4) is 5.75 Å². The molecule has 138 valence electrons. The SMILES string of the molecule is COC(=O)c1ccc(Cl)c(NC(=O)CCNCc2ccccc2OC)c1. The molecule has 0 radical (unpaired) electrons. The second-order valence-electron chi connectivity index (χ2n) is 5.47. The van der Waals surface area contributed by atoms with Crippen LogP contribution in [0.4, 0.5) is 5.69 Å². The van der Waals surface area contributed by atoms with Crippen LogP contribution >= 0.6 is 11.6 Å². The number of esters is 1. The van der Waals surface area contributed by atoms with Crippen molar-refractivity contribution in [2.75, 3.05) is 26.1 Å². The Balaban J connectivity index is 1.84. The van der Waals surface area contributed by atoms with Gasteiger partial charge in [-0.05, 0) is 24.3 Å². The lowest BCUT2D eigenvalue weighted by atomic mass is 10.2. The number of rotatable bonds is 8. The first-order chi connectivity index (χ1) is 12.5. The smallest absolute Gasteiger partial charge is 0.337 e. The van der Waals surface area contributed by atoms with Crippen molar-refractivity contribution >= 4 is 29.2 Å². The number of hydrogen-bond donors (Lipinski definition) is 2. The number of carbonyl (C=O) groups is 2. The normalized spacial score (nSPS) is 10.3. The first kappa shape index (κ1) is 19.8. The van der Waals surface area contributed by atoms with E-state index in [1.807, 2.05) is 24.3 Å². The number of amides is 1. The van der Waals surface area contributed by atoms with E-state index in [1.165, 1.54) is 13.2 Å². The van der Waals surface area contributed by atoms with E-state index in [9.17, 15) is 9.59 Å². The predicted molar refractivity (Wildman–Crippen MR) is 101 cm³/mol. The summed E-state index contributed by atoms with van der Waals surface area (Å²) in [4.78, 5) is 23.7. The Kier molecular flexibility index (Phi) is 7.44. The Morgan fingerprint density at radius 1 is 1.12 bits per heavy atom. The second-order valence-corrected chi connectivity index (χ2v) is 5.88. The molecule has 0 saturated carbocycles. The minimum absolute atomic E-state index is 0.207. The average Bonchev–Trinajstić information content (AvgIpc) is 2.66. The zero-order valence-electron chi connectivity index (χ0n) is 14.7. The molecule has 0 aliphatic heterocycles. The molecule has 0 aliphatic carbocycles. The molecule has 0 spiro atoms. The Labute approximate surface area is 157 Å². The molecule has 0 aliphatic rings. The van der Waals surface area contributed by atoms with Gasteiger partial charge >= 0.3 is 5.97 Å². The summed E-state index contributed by atoms with van der Waals surface area (Å²) in [6.07, 6.45) is 0.258. The minimum Gasteiger partial charge on any atom is -0.496 e. The first-order valence-electron chi connectivity index (χ1n) is 8.05. The Hall–Kier alpha value is -2.57. The van der Waals surface area contributed by atoms with Crippen LogP contribution in [0.5, 0.6) is 5.75 Å². The lowest BCUT2D eigenvalue weighted by Crippen LogP contribution is -2.22. The Bertz CT molecular complexity index is 780. The van der Waals surface area contributed by atoms with Gasteiger partial charge in [-0.25, -0.2) is 4.79 Å². The number of benzene rings is 2. The molecule has 0 fully saturated rings. The molecule has 0 aromatic heterocycles. The number of carbonyl (C=O) groups excluding carboxylic acids is 2. The van der Waals surface area contributed by atoms with Crippen molar-refractivity contribution < 1.29 is 19.1 Å². The third-order valence-electron chi connectivity index (χ3n) is 3.70. The molecular weight excluding hydrogens is 356 g/mol. The van der Waals surface area contributed by atoms with Crippen molar-refractivity contribution in [3.63, 3.8) is 0 Å². The fourth-order valence-electron chi connectivity index (χ4n) is 2.35. The Morgan fingerprint density at radius 2 is 1.88 bits per heavy atom. The second kappa shape index (κ2) is 9.79. The van der Waals surface area contributed by atoms with Gasteiger partial charge in [0.25, 0.3) is 0 Å². The topological polar surface area (TPSA) is 76.7 Å². The summed E-state index contributed by atoms with van der Waals surface area (Å²) in [5.41, 5.74) is 1.72. The highest BCUT2D eigenvalue weighted by atomic mass is 35.5.